The highest BCUT2D eigenvalue weighted by atomic mass is 32.1. The molecule has 5 rings (SSSR count). The van der Waals surface area contributed by atoms with Crippen molar-refractivity contribution in [3.05, 3.63) is 70.4 Å². The molecule has 0 aliphatic carbocycles. The first-order chi connectivity index (χ1) is 17.1. The lowest BCUT2D eigenvalue weighted by Crippen LogP contribution is -2.37. The Morgan fingerprint density at radius 1 is 1.06 bits per heavy atom. The van der Waals surface area contributed by atoms with E-state index in [0.29, 0.717) is 17.4 Å². The molecule has 3 heterocycles. The fourth-order valence-electron chi connectivity index (χ4n) is 5.03. The molecule has 1 saturated heterocycles. The molecule has 2 aromatic heterocycles. The van der Waals surface area contributed by atoms with E-state index in [1.165, 1.54) is 16.9 Å². The number of rotatable bonds is 8. The van der Waals surface area contributed by atoms with Gasteiger partial charge < -0.3 is 14.6 Å². The van der Waals surface area contributed by atoms with Crippen LogP contribution in [0.3, 0.4) is 0 Å². The number of hydrogen-bond acceptors (Lipinski definition) is 7. The number of aryl methyl sites for hydroxylation is 1. The molecule has 7 nitrogen and oxygen atoms in total. The third-order valence-corrected chi connectivity index (χ3v) is 7.99. The summed E-state index contributed by atoms with van der Waals surface area (Å²) in [6.07, 6.45) is 4.06. The Bertz CT molecular complexity index is 1280. The summed E-state index contributed by atoms with van der Waals surface area (Å²) in [6.45, 7) is 3.91. The molecular weight excluding hydrogens is 460 g/mol. The van der Waals surface area contributed by atoms with E-state index in [4.69, 9.17) is 9.47 Å². The van der Waals surface area contributed by atoms with Crippen LogP contribution in [0.5, 0.6) is 17.4 Å². The van der Waals surface area contributed by atoms with Crippen molar-refractivity contribution in [2.24, 2.45) is 5.92 Å². The van der Waals surface area contributed by atoms with Gasteiger partial charge in [-0.05, 0) is 61.5 Å². The van der Waals surface area contributed by atoms with Gasteiger partial charge in [-0.2, -0.15) is 4.52 Å². The topological polar surface area (TPSA) is 72.1 Å². The molecule has 1 aliphatic heterocycles. The van der Waals surface area contributed by atoms with Gasteiger partial charge in [-0.25, -0.2) is 4.98 Å². The molecule has 1 N–H and O–H groups in total. The molecule has 4 aromatic rings. The van der Waals surface area contributed by atoms with E-state index < -0.39 is 0 Å². The van der Waals surface area contributed by atoms with Gasteiger partial charge in [0.1, 0.15) is 0 Å². The Hall–Kier alpha value is -3.10. The third kappa shape index (κ3) is 4.73. The number of methoxy groups -OCH3 is 2. The Morgan fingerprint density at radius 2 is 1.80 bits per heavy atom. The first-order valence-corrected chi connectivity index (χ1v) is 13.0. The lowest BCUT2D eigenvalue weighted by Gasteiger charge is -2.37. The van der Waals surface area contributed by atoms with Gasteiger partial charge in [0.2, 0.25) is 10.8 Å². The average Bonchev–Trinajstić information content (AvgIpc) is 3.44. The van der Waals surface area contributed by atoms with Crippen LogP contribution in [-0.4, -0.2) is 51.9 Å². The monoisotopic (exact) mass is 492 g/mol. The lowest BCUT2D eigenvalue weighted by molar-refractivity contribution is 0.150. The smallest absolute Gasteiger partial charge is 0.230 e. The largest absolute Gasteiger partial charge is 0.493 e. The second-order valence-corrected chi connectivity index (χ2v) is 10.1. The minimum absolute atomic E-state index is 0.119. The van der Waals surface area contributed by atoms with Crippen molar-refractivity contribution in [3.63, 3.8) is 0 Å². The molecule has 0 bridgehead atoms. The molecule has 1 aliphatic rings. The van der Waals surface area contributed by atoms with Crippen LogP contribution in [-0.2, 0) is 12.8 Å². The van der Waals surface area contributed by atoms with Crippen LogP contribution < -0.4 is 9.47 Å². The minimum atomic E-state index is -0.119. The number of ether oxygens (including phenoxy) is 2. The van der Waals surface area contributed by atoms with E-state index in [0.717, 1.165) is 60.0 Å². The Balaban J connectivity index is 1.46. The van der Waals surface area contributed by atoms with Gasteiger partial charge in [0, 0.05) is 6.42 Å². The molecule has 0 spiro atoms. The summed E-state index contributed by atoms with van der Waals surface area (Å²) >= 11 is 1.51. The molecule has 184 valence electrons. The van der Waals surface area contributed by atoms with Crippen molar-refractivity contribution in [1.29, 1.82) is 0 Å². The average molecular weight is 493 g/mol. The maximum absolute atomic E-state index is 11.2. The van der Waals surface area contributed by atoms with Gasteiger partial charge in [-0.3, -0.25) is 4.90 Å². The predicted octanol–water partition coefficient (Wildman–Crippen LogP) is 5.12. The van der Waals surface area contributed by atoms with Crippen LogP contribution in [0.1, 0.15) is 47.6 Å². The van der Waals surface area contributed by atoms with Gasteiger partial charge in [-0.1, -0.05) is 54.7 Å². The van der Waals surface area contributed by atoms with Gasteiger partial charge in [-0.15, -0.1) is 5.10 Å². The van der Waals surface area contributed by atoms with Gasteiger partial charge in [0.15, 0.2) is 17.3 Å². The maximum atomic E-state index is 11.2. The third-order valence-electron chi connectivity index (χ3n) is 6.91. The zero-order chi connectivity index (χ0) is 24.4. The van der Waals surface area contributed by atoms with Crippen LogP contribution in [0.2, 0.25) is 0 Å². The maximum Gasteiger partial charge on any atom is 0.230 e. The number of benzene rings is 2. The quantitative estimate of drug-likeness (QED) is 0.368. The number of nitrogens with zero attached hydrogens (tertiary/aromatic N) is 4. The zero-order valence-electron chi connectivity index (χ0n) is 20.5. The van der Waals surface area contributed by atoms with E-state index >= 15 is 0 Å². The van der Waals surface area contributed by atoms with Gasteiger partial charge in [0.05, 0.1) is 25.1 Å². The zero-order valence-corrected chi connectivity index (χ0v) is 21.3. The van der Waals surface area contributed by atoms with Crippen LogP contribution in [0.4, 0.5) is 0 Å². The SMILES string of the molecule is CCc1nc2sc(C(c3ccc(OC)c(OC)c3)N3CCC(Cc4ccccc4)CC3)c(O)n2n1. The number of fused-ring (bicyclic) bond motifs is 1. The predicted molar refractivity (Wildman–Crippen MR) is 138 cm³/mol. The van der Waals surface area contributed by atoms with Crippen LogP contribution in [0.25, 0.3) is 4.96 Å². The fourth-order valence-corrected chi connectivity index (χ4v) is 6.17. The van der Waals surface area contributed by atoms with Gasteiger partial charge >= 0.3 is 0 Å². The molecule has 2 aromatic carbocycles. The first-order valence-electron chi connectivity index (χ1n) is 12.2. The van der Waals surface area contributed by atoms with Crippen LogP contribution in [0.15, 0.2) is 48.5 Å². The number of aromatic hydroxyl groups is 1. The number of thiazole rings is 1. The molecule has 0 radical (unpaired) electrons. The lowest BCUT2D eigenvalue weighted by atomic mass is 9.88. The highest BCUT2D eigenvalue weighted by Crippen LogP contribution is 2.43. The Kier molecular flexibility index (Phi) is 6.92. The number of likely N-dealkylation sites (tertiary alicyclic amines) is 1. The van der Waals surface area contributed by atoms with Crippen molar-refractivity contribution < 1.29 is 14.6 Å². The summed E-state index contributed by atoms with van der Waals surface area (Å²) in [5, 5.41) is 15.7. The molecule has 1 unspecified atom stereocenters. The van der Waals surface area contributed by atoms with E-state index in [2.05, 4.69) is 51.4 Å². The fraction of sp³-hybridized carbons (Fsp3) is 0.407. The molecule has 1 atom stereocenters. The van der Waals surface area contributed by atoms with Crippen molar-refractivity contribution in [1.82, 2.24) is 19.5 Å². The highest BCUT2D eigenvalue weighted by molar-refractivity contribution is 7.17. The normalized spacial score (nSPS) is 16.0. The minimum Gasteiger partial charge on any atom is -0.493 e. The summed E-state index contributed by atoms with van der Waals surface area (Å²) in [6, 6.07) is 16.6. The summed E-state index contributed by atoms with van der Waals surface area (Å²) in [7, 11) is 3.29. The first kappa shape index (κ1) is 23.6. The summed E-state index contributed by atoms with van der Waals surface area (Å²) in [5.41, 5.74) is 2.46. The summed E-state index contributed by atoms with van der Waals surface area (Å²) in [5.74, 6) is 2.94. The van der Waals surface area contributed by atoms with Crippen molar-refractivity contribution >= 4 is 16.3 Å². The molecule has 35 heavy (non-hydrogen) atoms. The molecule has 1 fully saturated rings. The highest BCUT2D eigenvalue weighted by Gasteiger charge is 2.33. The van der Waals surface area contributed by atoms with Crippen molar-refractivity contribution in [3.8, 4) is 17.4 Å². The summed E-state index contributed by atoms with van der Waals surface area (Å²) in [4.78, 5) is 8.65. The Labute approximate surface area is 210 Å². The molecule has 0 saturated carbocycles. The Morgan fingerprint density at radius 3 is 2.46 bits per heavy atom. The van der Waals surface area contributed by atoms with E-state index in [1.807, 2.05) is 19.1 Å². The van der Waals surface area contributed by atoms with Crippen LogP contribution >= 0.6 is 11.3 Å². The summed E-state index contributed by atoms with van der Waals surface area (Å²) < 4.78 is 12.7. The molecule has 0 amide bonds. The molecule has 8 heteroatoms. The van der Waals surface area contributed by atoms with Crippen molar-refractivity contribution in [2.45, 2.75) is 38.6 Å². The number of hydrogen-bond donors (Lipinski definition) is 1. The standard InChI is InChI=1S/C27H32N4O3S/c1-4-23-28-27-31(29-23)26(32)25(35-27)24(20-10-11-21(33-2)22(17-20)34-3)30-14-12-19(13-15-30)16-18-8-6-5-7-9-18/h5-11,17,19,24,32H,4,12-16H2,1-3H3. The van der Waals surface area contributed by atoms with Gasteiger partial charge in [0.25, 0.3) is 0 Å². The van der Waals surface area contributed by atoms with E-state index in [-0.39, 0.29) is 11.9 Å². The van der Waals surface area contributed by atoms with Crippen molar-refractivity contribution in [2.75, 3.05) is 27.3 Å². The number of aromatic nitrogens is 3. The second kappa shape index (κ2) is 10.3. The van der Waals surface area contributed by atoms with E-state index in [9.17, 15) is 5.11 Å². The molecular formula is C27H32N4O3S. The number of piperidine rings is 1. The van der Waals surface area contributed by atoms with E-state index in [1.54, 1.807) is 18.7 Å². The van der Waals surface area contributed by atoms with Crippen LogP contribution in [0, 0.1) is 5.92 Å². The second-order valence-electron chi connectivity index (χ2n) is 9.05.